The Kier molecular flexibility index (Phi) is 3.41. The SMILES string of the molecule is Cc1ccc(CNc2nc(N)c(F)cc2F)cc1. The van der Waals surface area contributed by atoms with E-state index in [1.807, 2.05) is 31.2 Å². The molecule has 0 bridgehead atoms. The molecular weight excluding hydrogens is 236 g/mol. The van der Waals surface area contributed by atoms with Gasteiger partial charge in [-0.05, 0) is 12.5 Å². The van der Waals surface area contributed by atoms with Crippen LogP contribution in [0.4, 0.5) is 20.4 Å². The maximum absolute atomic E-state index is 13.4. The number of nitrogens with zero attached hydrogens (tertiary/aromatic N) is 1. The molecule has 0 fully saturated rings. The van der Waals surface area contributed by atoms with E-state index in [1.165, 1.54) is 0 Å². The highest BCUT2D eigenvalue weighted by Crippen LogP contribution is 2.17. The molecule has 0 radical (unpaired) electrons. The molecule has 0 spiro atoms. The van der Waals surface area contributed by atoms with Gasteiger partial charge in [0, 0.05) is 12.6 Å². The van der Waals surface area contributed by atoms with Gasteiger partial charge < -0.3 is 11.1 Å². The highest BCUT2D eigenvalue weighted by atomic mass is 19.1. The third-order valence-electron chi connectivity index (χ3n) is 2.54. The Bertz CT molecular complexity index is 553. The van der Waals surface area contributed by atoms with Crippen LogP contribution in [-0.4, -0.2) is 4.98 Å². The molecule has 1 heterocycles. The van der Waals surface area contributed by atoms with Crippen LogP contribution in [0, 0.1) is 18.6 Å². The highest BCUT2D eigenvalue weighted by molar-refractivity contribution is 5.45. The van der Waals surface area contributed by atoms with Crippen molar-refractivity contribution in [2.45, 2.75) is 13.5 Å². The van der Waals surface area contributed by atoms with Crippen molar-refractivity contribution in [3.05, 3.63) is 53.1 Å². The van der Waals surface area contributed by atoms with Crippen molar-refractivity contribution in [3.8, 4) is 0 Å². The molecule has 0 aliphatic carbocycles. The van der Waals surface area contributed by atoms with Gasteiger partial charge in [-0.25, -0.2) is 13.8 Å². The van der Waals surface area contributed by atoms with Crippen molar-refractivity contribution in [2.75, 3.05) is 11.1 Å². The van der Waals surface area contributed by atoms with E-state index in [9.17, 15) is 8.78 Å². The summed E-state index contributed by atoms with van der Waals surface area (Å²) in [4.78, 5) is 3.62. The van der Waals surface area contributed by atoms with E-state index >= 15 is 0 Å². The van der Waals surface area contributed by atoms with E-state index < -0.39 is 11.6 Å². The zero-order valence-electron chi connectivity index (χ0n) is 9.87. The zero-order chi connectivity index (χ0) is 13.1. The standard InChI is InChI=1S/C13H13F2N3/c1-8-2-4-9(5-3-8)7-17-13-11(15)6-10(14)12(16)18-13/h2-6H,7H2,1H3,(H3,16,17,18). The van der Waals surface area contributed by atoms with Crippen LogP contribution in [0.1, 0.15) is 11.1 Å². The first-order chi connectivity index (χ1) is 8.56. The summed E-state index contributed by atoms with van der Waals surface area (Å²) < 4.78 is 26.3. The summed E-state index contributed by atoms with van der Waals surface area (Å²) in [6.07, 6.45) is 0. The van der Waals surface area contributed by atoms with Crippen molar-refractivity contribution in [2.24, 2.45) is 0 Å². The molecule has 0 aliphatic heterocycles. The molecule has 1 aromatic heterocycles. The predicted molar refractivity (Wildman–Crippen MR) is 67.1 cm³/mol. The number of nitrogen functional groups attached to an aromatic ring is 1. The van der Waals surface area contributed by atoms with E-state index in [-0.39, 0.29) is 11.6 Å². The molecule has 0 amide bonds. The Morgan fingerprint density at radius 1 is 1.17 bits per heavy atom. The lowest BCUT2D eigenvalue weighted by Gasteiger charge is -2.08. The second-order valence-electron chi connectivity index (χ2n) is 4.03. The van der Waals surface area contributed by atoms with Gasteiger partial charge in [0.15, 0.2) is 23.3 Å². The molecule has 0 aliphatic rings. The number of hydrogen-bond donors (Lipinski definition) is 2. The number of anilines is 2. The van der Waals surface area contributed by atoms with E-state index in [4.69, 9.17) is 5.73 Å². The molecule has 18 heavy (non-hydrogen) atoms. The summed E-state index contributed by atoms with van der Waals surface area (Å²) in [6.45, 7) is 2.38. The summed E-state index contributed by atoms with van der Waals surface area (Å²) in [6, 6.07) is 8.49. The molecule has 0 unspecified atom stereocenters. The molecule has 0 saturated heterocycles. The van der Waals surface area contributed by atoms with Gasteiger partial charge in [0.25, 0.3) is 0 Å². The molecular formula is C13H13F2N3. The van der Waals surface area contributed by atoms with Gasteiger partial charge in [-0.15, -0.1) is 0 Å². The zero-order valence-corrected chi connectivity index (χ0v) is 9.87. The Labute approximate surface area is 104 Å². The fourth-order valence-corrected chi connectivity index (χ4v) is 1.50. The predicted octanol–water partition coefficient (Wildman–Crippen LogP) is 2.86. The van der Waals surface area contributed by atoms with Crippen LogP contribution < -0.4 is 11.1 Å². The summed E-state index contributed by atoms with van der Waals surface area (Å²) in [7, 11) is 0. The quantitative estimate of drug-likeness (QED) is 0.879. The summed E-state index contributed by atoms with van der Waals surface area (Å²) in [5, 5.41) is 2.78. The number of benzene rings is 1. The lowest BCUT2D eigenvalue weighted by Crippen LogP contribution is -2.06. The highest BCUT2D eigenvalue weighted by Gasteiger charge is 2.09. The van der Waals surface area contributed by atoms with E-state index in [0.717, 1.165) is 17.2 Å². The number of halogens is 2. The molecule has 1 aromatic carbocycles. The monoisotopic (exact) mass is 249 g/mol. The van der Waals surface area contributed by atoms with Crippen LogP contribution >= 0.6 is 0 Å². The van der Waals surface area contributed by atoms with Crippen molar-refractivity contribution < 1.29 is 8.78 Å². The van der Waals surface area contributed by atoms with Crippen molar-refractivity contribution in [1.29, 1.82) is 0 Å². The number of hydrogen-bond acceptors (Lipinski definition) is 3. The molecule has 3 nitrogen and oxygen atoms in total. The van der Waals surface area contributed by atoms with Gasteiger partial charge >= 0.3 is 0 Å². The molecule has 2 rings (SSSR count). The number of aryl methyl sites for hydroxylation is 1. The summed E-state index contributed by atoms with van der Waals surface area (Å²) >= 11 is 0. The average Bonchev–Trinajstić information content (AvgIpc) is 2.34. The summed E-state index contributed by atoms with van der Waals surface area (Å²) in [5.41, 5.74) is 7.41. The second-order valence-corrected chi connectivity index (χ2v) is 4.03. The molecule has 0 atom stereocenters. The van der Waals surface area contributed by atoms with Crippen LogP contribution in [-0.2, 0) is 6.54 Å². The third-order valence-corrected chi connectivity index (χ3v) is 2.54. The van der Waals surface area contributed by atoms with E-state index in [0.29, 0.717) is 6.54 Å². The van der Waals surface area contributed by atoms with Crippen LogP contribution in [0.3, 0.4) is 0 Å². The van der Waals surface area contributed by atoms with Crippen molar-refractivity contribution in [3.63, 3.8) is 0 Å². The largest absolute Gasteiger partial charge is 0.381 e. The van der Waals surface area contributed by atoms with E-state index in [1.54, 1.807) is 0 Å². The van der Waals surface area contributed by atoms with Gasteiger partial charge in [0.2, 0.25) is 0 Å². The molecule has 5 heteroatoms. The number of pyridine rings is 1. The second kappa shape index (κ2) is 5.00. The maximum atomic E-state index is 13.4. The lowest BCUT2D eigenvalue weighted by atomic mass is 10.1. The van der Waals surface area contributed by atoms with Crippen molar-refractivity contribution in [1.82, 2.24) is 4.98 Å². The average molecular weight is 249 g/mol. The first-order valence-corrected chi connectivity index (χ1v) is 5.47. The molecule has 0 saturated carbocycles. The number of nitrogens with one attached hydrogen (secondary N) is 1. The fourth-order valence-electron chi connectivity index (χ4n) is 1.50. The van der Waals surface area contributed by atoms with Gasteiger partial charge in [-0.1, -0.05) is 29.8 Å². The first kappa shape index (κ1) is 12.3. The topological polar surface area (TPSA) is 50.9 Å². The minimum atomic E-state index is -0.853. The van der Waals surface area contributed by atoms with Crippen LogP contribution in [0.5, 0.6) is 0 Å². The number of aromatic nitrogens is 1. The molecule has 2 aromatic rings. The van der Waals surface area contributed by atoms with Gasteiger partial charge in [-0.3, -0.25) is 0 Å². The Morgan fingerprint density at radius 3 is 2.50 bits per heavy atom. The third kappa shape index (κ3) is 2.74. The lowest BCUT2D eigenvalue weighted by molar-refractivity contribution is 0.579. The Morgan fingerprint density at radius 2 is 1.83 bits per heavy atom. The normalized spacial score (nSPS) is 10.4. The number of rotatable bonds is 3. The molecule has 94 valence electrons. The first-order valence-electron chi connectivity index (χ1n) is 5.47. The Balaban J connectivity index is 2.10. The van der Waals surface area contributed by atoms with E-state index in [2.05, 4.69) is 10.3 Å². The van der Waals surface area contributed by atoms with Crippen LogP contribution in [0.15, 0.2) is 30.3 Å². The Hall–Kier alpha value is -2.17. The van der Waals surface area contributed by atoms with Gasteiger partial charge in [-0.2, -0.15) is 0 Å². The van der Waals surface area contributed by atoms with Crippen LogP contribution in [0.2, 0.25) is 0 Å². The van der Waals surface area contributed by atoms with Gasteiger partial charge in [0.1, 0.15) is 0 Å². The number of nitrogens with two attached hydrogens (primary N) is 1. The minimum absolute atomic E-state index is 0.0468. The van der Waals surface area contributed by atoms with Crippen molar-refractivity contribution >= 4 is 11.6 Å². The maximum Gasteiger partial charge on any atom is 0.168 e. The van der Waals surface area contributed by atoms with Gasteiger partial charge in [0.05, 0.1) is 0 Å². The summed E-state index contributed by atoms with van der Waals surface area (Å²) in [5.74, 6) is -1.97. The smallest absolute Gasteiger partial charge is 0.168 e. The minimum Gasteiger partial charge on any atom is -0.381 e. The van der Waals surface area contributed by atoms with Crippen LogP contribution in [0.25, 0.3) is 0 Å². The fraction of sp³-hybridized carbons (Fsp3) is 0.154. The molecule has 3 N–H and O–H groups in total.